The number of hydrogen-bond donors (Lipinski definition) is 7. The third-order valence-corrected chi connectivity index (χ3v) is 3.55. The molecule has 1 heterocycles. The van der Waals surface area contributed by atoms with Crippen molar-refractivity contribution in [2.75, 3.05) is 13.2 Å². The smallest absolute Gasteiger partial charge is 0.320 e. The van der Waals surface area contributed by atoms with Crippen molar-refractivity contribution in [3.05, 3.63) is 0 Å². The molecule has 10 heteroatoms. The molecule has 22 heavy (non-hydrogen) atoms. The average molecular weight is 324 g/mol. The summed E-state index contributed by atoms with van der Waals surface area (Å²) < 4.78 is 10.6. The second-order valence-corrected chi connectivity index (χ2v) is 5.21. The molecule has 0 aromatic carbocycles. The highest BCUT2D eigenvalue weighted by Gasteiger charge is 2.44. The second-order valence-electron chi connectivity index (χ2n) is 5.21. The molecule has 0 radical (unpaired) electrons. The van der Waals surface area contributed by atoms with Crippen LogP contribution in [0.2, 0.25) is 0 Å². The highest BCUT2D eigenvalue weighted by atomic mass is 16.7. The summed E-state index contributed by atoms with van der Waals surface area (Å²) in [5, 5.41) is 46.9. The van der Waals surface area contributed by atoms with Crippen LogP contribution in [0.1, 0.15) is 12.8 Å². The van der Waals surface area contributed by atoms with Gasteiger partial charge < -0.3 is 46.5 Å². The van der Waals surface area contributed by atoms with Crippen molar-refractivity contribution in [1.82, 2.24) is 0 Å². The van der Waals surface area contributed by atoms with E-state index in [0.717, 1.165) is 0 Å². The Labute approximate surface area is 127 Å². The van der Waals surface area contributed by atoms with E-state index in [-0.39, 0.29) is 19.4 Å². The first kappa shape index (κ1) is 19.2. The average Bonchev–Trinajstić information content (AvgIpc) is 2.50. The summed E-state index contributed by atoms with van der Waals surface area (Å²) in [5.41, 5.74) is 10.9. The molecule has 1 aliphatic rings. The van der Waals surface area contributed by atoms with Crippen molar-refractivity contribution in [3.63, 3.8) is 0 Å². The van der Waals surface area contributed by atoms with Crippen molar-refractivity contribution in [3.8, 4) is 0 Å². The molecule has 0 amide bonds. The summed E-state index contributed by atoms with van der Waals surface area (Å²) in [7, 11) is 0. The Morgan fingerprint density at radius 3 is 2.32 bits per heavy atom. The van der Waals surface area contributed by atoms with Crippen LogP contribution in [0.4, 0.5) is 0 Å². The van der Waals surface area contributed by atoms with Crippen molar-refractivity contribution in [2.45, 2.75) is 55.7 Å². The largest absolute Gasteiger partial charge is 0.480 e. The van der Waals surface area contributed by atoms with Crippen LogP contribution in [0.15, 0.2) is 0 Å². The minimum atomic E-state index is -1.55. The first-order valence-corrected chi connectivity index (χ1v) is 6.96. The van der Waals surface area contributed by atoms with Crippen molar-refractivity contribution < 1.29 is 39.8 Å². The molecule has 10 nitrogen and oxygen atoms in total. The van der Waals surface area contributed by atoms with Gasteiger partial charge in [0.2, 0.25) is 0 Å². The normalized spacial score (nSPS) is 35.1. The Bertz CT molecular complexity index is 356. The lowest BCUT2D eigenvalue weighted by atomic mass is 9.99. The first-order chi connectivity index (χ1) is 10.3. The summed E-state index contributed by atoms with van der Waals surface area (Å²) in [4.78, 5) is 10.7. The molecule has 1 unspecified atom stereocenters. The first-order valence-electron chi connectivity index (χ1n) is 6.96. The molecule has 1 rings (SSSR count). The maximum Gasteiger partial charge on any atom is 0.320 e. The van der Waals surface area contributed by atoms with E-state index in [9.17, 15) is 20.1 Å². The summed E-state index contributed by atoms with van der Waals surface area (Å²) in [5.74, 6) is -1.15. The predicted octanol–water partition coefficient (Wildman–Crippen LogP) is -3.68. The zero-order valence-corrected chi connectivity index (χ0v) is 12.0. The second kappa shape index (κ2) is 8.70. The Hall–Kier alpha value is -0.850. The van der Waals surface area contributed by atoms with Gasteiger partial charge in [0.05, 0.1) is 12.7 Å². The fourth-order valence-electron chi connectivity index (χ4n) is 2.10. The number of aliphatic hydroxyl groups excluding tert-OH is 4. The van der Waals surface area contributed by atoms with Crippen LogP contribution in [0.3, 0.4) is 0 Å². The molecule has 1 saturated heterocycles. The van der Waals surface area contributed by atoms with Crippen LogP contribution in [0, 0.1) is 0 Å². The zero-order chi connectivity index (χ0) is 16.9. The number of hydrogen-bond acceptors (Lipinski definition) is 9. The van der Waals surface area contributed by atoms with E-state index in [1.165, 1.54) is 0 Å². The Morgan fingerprint density at radius 1 is 1.18 bits per heavy atom. The predicted molar refractivity (Wildman–Crippen MR) is 72.5 cm³/mol. The molecule has 130 valence electrons. The third-order valence-electron chi connectivity index (χ3n) is 3.55. The van der Waals surface area contributed by atoms with E-state index in [2.05, 4.69) is 0 Å². The summed E-state index contributed by atoms with van der Waals surface area (Å²) in [6, 6.07) is -1.06. The number of aliphatic hydroxyl groups is 4. The third kappa shape index (κ3) is 4.83. The number of aliphatic carboxylic acids is 1. The number of carbonyl (C=O) groups is 1. The van der Waals surface area contributed by atoms with Gasteiger partial charge in [0.15, 0.2) is 6.29 Å². The van der Waals surface area contributed by atoms with Gasteiger partial charge in [0.1, 0.15) is 30.5 Å². The number of rotatable bonds is 8. The lowest BCUT2D eigenvalue weighted by Crippen LogP contribution is -2.60. The summed E-state index contributed by atoms with van der Waals surface area (Å²) in [6.45, 7) is -0.552. The molecule has 0 aromatic heterocycles. The molecule has 9 N–H and O–H groups in total. The molecule has 0 spiro atoms. The topological polar surface area (TPSA) is 189 Å². The minimum Gasteiger partial charge on any atom is -0.480 e. The minimum absolute atomic E-state index is 0.0152. The van der Waals surface area contributed by atoms with Gasteiger partial charge in [-0.15, -0.1) is 0 Å². The maximum absolute atomic E-state index is 10.7. The Balaban J connectivity index is 2.59. The molecular formula is C12H24N2O8. The number of ether oxygens (including phenoxy) is 2. The van der Waals surface area contributed by atoms with Crippen LogP contribution in [0.25, 0.3) is 0 Å². The van der Waals surface area contributed by atoms with Crippen LogP contribution < -0.4 is 11.5 Å². The van der Waals surface area contributed by atoms with E-state index in [1.807, 2.05) is 0 Å². The monoisotopic (exact) mass is 324 g/mol. The highest BCUT2D eigenvalue weighted by Crippen LogP contribution is 2.23. The molecule has 0 aliphatic carbocycles. The van der Waals surface area contributed by atoms with Gasteiger partial charge >= 0.3 is 5.97 Å². The Morgan fingerprint density at radius 2 is 1.82 bits per heavy atom. The fourth-order valence-corrected chi connectivity index (χ4v) is 2.10. The summed E-state index contributed by atoms with van der Waals surface area (Å²) >= 11 is 0. The molecule has 7 atom stereocenters. The number of carboxylic acid groups (broad SMARTS) is 1. The fraction of sp³-hybridized carbons (Fsp3) is 0.917. The van der Waals surface area contributed by atoms with E-state index in [4.69, 9.17) is 31.2 Å². The molecule has 0 aromatic rings. The van der Waals surface area contributed by atoms with E-state index >= 15 is 0 Å². The van der Waals surface area contributed by atoms with Crippen LogP contribution >= 0.6 is 0 Å². The van der Waals surface area contributed by atoms with Gasteiger partial charge in [-0.3, -0.25) is 4.79 Å². The molecule has 1 fully saturated rings. The highest BCUT2D eigenvalue weighted by molar-refractivity contribution is 5.72. The molecular weight excluding hydrogens is 300 g/mol. The van der Waals surface area contributed by atoms with Gasteiger partial charge in [-0.05, 0) is 12.8 Å². The van der Waals surface area contributed by atoms with E-state index in [1.54, 1.807) is 0 Å². The van der Waals surface area contributed by atoms with Crippen molar-refractivity contribution in [2.24, 2.45) is 11.5 Å². The van der Waals surface area contributed by atoms with Crippen molar-refractivity contribution >= 4 is 5.97 Å². The van der Waals surface area contributed by atoms with Crippen molar-refractivity contribution in [1.29, 1.82) is 0 Å². The van der Waals surface area contributed by atoms with Gasteiger partial charge in [-0.2, -0.15) is 0 Å². The quantitative estimate of drug-likeness (QED) is 0.234. The number of carboxylic acids is 1. The standard InChI is InChI=1S/C12H24N2O8/c13-3-5(1-2-6(14)11(19)20)21-12-10(18)9(17)8(16)7(4-15)22-12/h5-10,12,15-18H,1-4,13-14H2,(H,19,20)/t5?,6-,7+,8-,9-,10+,12-/m0/s1. The summed E-state index contributed by atoms with van der Waals surface area (Å²) in [6.07, 6.45) is -7.28. The van der Waals surface area contributed by atoms with Gasteiger partial charge in [-0.25, -0.2) is 0 Å². The molecule has 0 bridgehead atoms. The number of nitrogens with two attached hydrogens (primary N) is 2. The lowest BCUT2D eigenvalue weighted by Gasteiger charge is -2.40. The van der Waals surface area contributed by atoms with Crippen LogP contribution in [-0.2, 0) is 14.3 Å². The lowest BCUT2D eigenvalue weighted by molar-refractivity contribution is -0.310. The molecule has 0 saturated carbocycles. The van der Waals surface area contributed by atoms with E-state index in [0.29, 0.717) is 0 Å². The maximum atomic E-state index is 10.7. The van der Waals surface area contributed by atoms with Crippen LogP contribution in [-0.4, -0.2) is 87.5 Å². The Kier molecular flexibility index (Phi) is 7.59. The van der Waals surface area contributed by atoms with Gasteiger partial charge in [0.25, 0.3) is 0 Å². The zero-order valence-electron chi connectivity index (χ0n) is 12.0. The molecule has 1 aliphatic heterocycles. The van der Waals surface area contributed by atoms with Gasteiger partial charge in [0, 0.05) is 6.54 Å². The van der Waals surface area contributed by atoms with E-state index < -0.39 is 55.4 Å². The SMILES string of the molecule is NCC(CC[C@H](N)C(=O)O)O[C@H]1O[C@H](CO)[C@H](O)[C@H](O)[C@H]1O. The van der Waals surface area contributed by atoms with Gasteiger partial charge in [-0.1, -0.05) is 0 Å². The van der Waals surface area contributed by atoms with Crippen LogP contribution in [0.5, 0.6) is 0 Å².